The van der Waals surface area contributed by atoms with Crippen LogP contribution in [-0.2, 0) is 19.3 Å². The zero-order chi connectivity index (χ0) is 21.9. The van der Waals surface area contributed by atoms with E-state index in [1.807, 2.05) is 0 Å². The molecule has 1 heteroatoms. The summed E-state index contributed by atoms with van der Waals surface area (Å²) in [5.74, 6) is 0. The van der Waals surface area contributed by atoms with Crippen LogP contribution in [0.4, 0.5) is 17.1 Å². The molecule has 1 aliphatic rings. The number of nitrogens with zero attached hydrogens (tertiary/aromatic N) is 1. The summed E-state index contributed by atoms with van der Waals surface area (Å²) in [6, 6.07) is 33.8. The van der Waals surface area contributed by atoms with Gasteiger partial charge in [0.1, 0.15) is 0 Å². The van der Waals surface area contributed by atoms with Crippen molar-refractivity contribution in [2.45, 2.75) is 46.0 Å². The highest BCUT2D eigenvalue weighted by atomic mass is 15.1. The second-order valence-corrected chi connectivity index (χ2v) is 8.93. The maximum Gasteiger partial charge on any atom is 0.0464 e. The van der Waals surface area contributed by atoms with E-state index < -0.39 is 0 Å². The minimum absolute atomic E-state index is 1.07. The van der Waals surface area contributed by atoms with Gasteiger partial charge in [0.15, 0.2) is 0 Å². The third-order valence-corrected chi connectivity index (χ3v) is 6.70. The van der Waals surface area contributed by atoms with E-state index in [1.54, 1.807) is 0 Å². The Labute approximate surface area is 192 Å². The van der Waals surface area contributed by atoms with Crippen LogP contribution in [-0.4, -0.2) is 0 Å². The number of fused-ring (bicyclic) bond motifs is 1. The molecular weight excluding hydrogens is 386 g/mol. The summed E-state index contributed by atoms with van der Waals surface area (Å²) in [5, 5.41) is 0. The van der Waals surface area contributed by atoms with Crippen LogP contribution >= 0.6 is 0 Å². The molecule has 4 aromatic carbocycles. The third-order valence-electron chi connectivity index (χ3n) is 6.70. The molecule has 0 unspecified atom stereocenters. The van der Waals surface area contributed by atoms with Gasteiger partial charge in [0.25, 0.3) is 0 Å². The molecule has 160 valence electrons. The lowest BCUT2D eigenvalue weighted by atomic mass is 9.91. The van der Waals surface area contributed by atoms with Gasteiger partial charge in [-0.25, -0.2) is 0 Å². The van der Waals surface area contributed by atoms with Gasteiger partial charge in [0.2, 0.25) is 0 Å². The minimum Gasteiger partial charge on any atom is -0.310 e. The molecule has 5 rings (SSSR count). The molecule has 1 aliphatic carbocycles. The Morgan fingerprint density at radius 3 is 1.75 bits per heavy atom. The summed E-state index contributed by atoms with van der Waals surface area (Å²) in [6.07, 6.45) is 6.09. The molecule has 0 spiro atoms. The number of anilines is 3. The number of hydrogen-bond acceptors (Lipinski definition) is 1. The van der Waals surface area contributed by atoms with Gasteiger partial charge in [-0.3, -0.25) is 0 Å². The first-order valence-electron chi connectivity index (χ1n) is 11.9. The zero-order valence-electron chi connectivity index (χ0n) is 19.1. The van der Waals surface area contributed by atoms with Crippen LogP contribution in [0.1, 0.15) is 42.0 Å². The van der Waals surface area contributed by atoms with Gasteiger partial charge >= 0.3 is 0 Å². The van der Waals surface area contributed by atoms with Gasteiger partial charge in [0.05, 0.1) is 0 Å². The maximum atomic E-state index is 2.41. The number of aryl methyl sites for hydroxylation is 4. The molecule has 0 saturated carbocycles. The Hall–Kier alpha value is -3.32. The normalized spacial score (nSPS) is 12.9. The van der Waals surface area contributed by atoms with Gasteiger partial charge in [-0.15, -0.1) is 0 Å². The molecule has 0 atom stereocenters. The van der Waals surface area contributed by atoms with E-state index in [-0.39, 0.29) is 0 Å². The van der Waals surface area contributed by atoms with Gasteiger partial charge in [-0.05, 0) is 103 Å². The van der Waals surface area contributed by atoms with Crippen LogP contribution in [0, 0.1) is 6.92 Å². The Kier molecular flexibility index (Phi) is 5.81. The Balaban J connectivity index is 1.53. The topological polar surface area (TPSA) is 3.24 Å². The van der Waals surface area contributed by atoms with E-state index in [9.17, 15) is 0 Å². The van der Waals surface area contributed by atoms with Crippen LogP contribution in [0.15, 0.2) is 91.0 Å². The summed E-state index contributed by atoms with van der Waals surface area (Å²) in [4.78, 5) is 2.39. The third kappa shape index (κ3) is 4.21. The maximum absolute atomic E-state index is 2.41. The Morgan fingerprint density at radius 1 is 0.594 bits per heavy atom. The van der Waals surface area contributed by atoms with Gasteiger partial charge in [-0.2, -0.15) is 0 Å². The highest BCUT2D eigenvalue weighted by molar-refractivity contribution is 5.79. The van der Waals surface area contributed by atoms with Crippen molar-refractivity contribution in [1.29, 1.82) is 0 Å². The van der Waals surface area contributed by atoms with Crippen LogP contribution < -0.4 is 4.90 Å². The molecule has 0 bridgehead atoms. The number of rotatable bonds is 5. The quantitative estimate of drug-likeness (QED) is 0.314. The molecule has 0 N–H and O–H groups in total. The number of hydrogen-bond donors (Lipinski definition) is 0. The molecule has 0 heterocycles. The Morgan fingerprint density at radius 2 is 1.12 bits per heavy atom. The fourth-order valence-electron chi connectivity index (χ4n) is 4.74. The standard InChI is InChI=1S/C31H31N/c1-3-24-10-12-26(13-11-24)27-14-19-30(20-15-27)32(29-17-8-23(2)9-18-29)31-21-16-25-6-4-5-7-28(25)22-31/h8-22H,3-7H2,1-2H3. The lowest BCUT2D eigenvalue weighted by molar-refractivity contribution is 0.685. The second kappa shape index (κ2) is 9.04. The average molecular weight is 418 g/mol. The van der Waals surface area contributed by atoms with Crippen molar-refractivity contribution in [2.24, 2.45) is 0 Å². The Bertz CT molecular complexity index is 1180. The highest BCUT2D eigenvalue weighted by Gasteiger charge is 2.16. The molecule has 0 saturated heterocycles. The average Bonchev–Trinajstić information content (AvgIpc) is 2.86. The van der Waals surface area contributed by atoms with Crippen LogP contribution in [0.2, 0.25) is 0 Å². The minimum atomic E-state index is 1.07. The fourth-order valence-corrected chi connectivity index (χ4v) is 4.74. The van der Waals surface area contributed by atoms with Crippen molar-refractivity contribution >= 4 is 17.1 Å². The smallest absolute Gasteiger partial charge is 0.0464 e. The summed E-state index contributed by atoms with van der Waals surface area (Å²) < 4.78 is 0. The monoisotopic (exact) mass is 417 g/mol. The first-order chi connectivity index (χ1) is 15.7. The van der Waals surface area contributed by atoms with E-state index in [2.05, 4.69) is 110 Å². The van der Waals surface area contributed by atoms with Crippen LogP contribution in [0.25, 0.3) is 11.1 Å². The fraction of sp³-hybridized carbons (Fsp3) is 0.226. The molecule has 0 aromatic heterocycles. The molecule has 0 fully saturated rings. The second-order valence-electron chi connectivity index (χ2n) is 8.93. The van der Waals surface area contributed by atoms with E-state index >= 15 is 0 Å². The van der Waals surface area contributed by atoms with E-state index in [1.165, 1.54) is 76.1 Å². The van der Waals surface area contributed by atoms with Crippen LogP contribution in [0.3, 0.4) is 0 Å². The molecule has 4 aromatic rings. The summed E-state index contributed by atoms with van der Waals surface area (Å²) >= 11 is 0. The SMILES string of the molecule is CCc1ccc(-c2ccc(N(c3ccc(C)cc3)c3ccc4c(c3)CCCC4)cc2)cc1. The van der Waals surface area contributed by atoms with Crippen molar-refractivity contribution in [3.05, 3.63) is 113 Å². The van der Waals surface area contributed by atoms with Crippen molar-refractivity contribution in [3.8, 4) is 11.1 Å². The lowest BCUT2D eigenvalue weighted by Crippen LogP contribution is -2.12. The van der Waals surface area contributed by atoms with Crippen LogP contribution in [0.5, 0.6) is 0 Å². The van der Waals surface area contributed by atoms with E-state index in [4.69, 9.17) is 0 Å². The predicted octanol–water partition coefficient (Wildman–Crippen LogP) is 8.57. The predicted molar refractivity (Wildman–Crippen MR) is 137 cm³/mol. The van der Waals surface area contributed by atoms with Gasteiger partial charge in [-0.1, -0.05) is 67.1 Å². The highest BCUT2D eigenvalue weighted by Crippen LogP contribution is 2.37. The van der Waals surface area contributed by atoms with Gasteiger partial charge in [0, 0.05) is 17.1 Å². The van der Waals surface area contributed by atoms with Crippen molar-refractivity contribution in [2.75, 3.05) is 4.90 Å². The van der Waals surface area contributed by atoms with Gasteiger partial charge < -0.3 is 4.90 Å². The molecule has 0 radical (unpaired) electrons. The molecular formula is C31H31N. The first-order valence-corrected chi connectivity index (χ1v) is 11.9. The van der Waals surface area contributed by atoms with Crippen molar-refractivity contribution in [1.82, 2.24) is 0 Å². The summed E-state index contributed by atoms with van der Waals surface area (Å²) in [6.45, 7) is 4.34. The zero-order valence-corrected chi connectivity index (χ0v) is 19.1. The molecule has 0 aliphatic heterocycles. The van der Waals surface area contributed by atoms with Crippen molar-refractivity contribution in [3.63, 3.8) is 0 Å². The largest absolute Gasteiger partial charge is 0.310 e. The summed E-state index contributed by atoms with van der Waals surface area (Å²) in [5.41, 5.74) is 11.9. The summed E-state index contributed by atoms with van der Waals surface area (Å²) in [7, 11) is 0. The molecule has 1 nitrogen and oxygen atoms in total. The van der Waals surface area contributed by atoms with E-state index in [0.29, 0.717) is 0 Å². The van der Waals surface area contributed by atoms with Crippen molar-refractivity contribution < 1.29 is 0 Å². The van der Waals surface area contributed by atoms with E-state index in [0.717, 1.165) is 6.42 Å². The molecule has 0 amide bonds. The first kappa shape index (κ1) is 20.6. The number of benzene rings is 4. The lowest BCUT2D eigenvalue weighted by Gasteiger charge is -2.27. The molecule has 32 heavy (non-hydrogen) atoms.